The summed E-state index contributed by atoms with van der Waals surface area (Å²) in [6.07, 6.45) is 1.55. The molecule has 1 aromatic heterocycles. The van der Waals surface area contributed by atoms with E-state index in [1.54, 1.807) is 13.3 Å². The first kappa shape index (κ1) is 13.6. The van der Waals surface area contributed by atoms with Gasteiger partial charge in [0.25, 0.3) is 0 Å². The van der Waals surface area contributed by atoms with Crippen molar-refractivity contribution >= 4 is 35.1 Å². The Hall–Kier alpha value is -1.85. The molecule has 0 amide bonds. The van der Waals surface area contributed by atoms with Gasteiger partial charge in [0.1, 0.15) is 11.5 Å². The first-order chi connectivity index (χ1) is 9.20. The standard InChI is InChI=1S/C13H12ClN3OS/c1-15-13(19)17-16-8-9-6-7-12(18-9)10-4-2-3-5-11(10)14/h2-8H,1H3,(H2,15,17,19). The zero-order valence-electron chi connectivity index (χ0n) is 10.2. The summed E-state index contributed by atoms with van der Waals surface area (Å²) in [5, 5.41) is 7.77. The summed E-state index contributed by atoms with van der Waals surface area (Å²) < 4.78 is 5.63. The van der Waals surface area contributed by atoms with E-state index in [0.717, 1.165) is 5.56 Å². The lowest BCUT2D eigenvalue weighted by molar-refractivity contribution is 0.574. The van der Waals surface area contributed by atoms with Crippen molar-refractivity contribution in [3.05, 3.63) is 47.2 Å². The Labute approximate surface area is 121 Å². The number of halogens is 1. The molecule has 2 rings (SSSR count). The molecule has 0 saturated carbocycles. The van der Waals surface area contributed by atoms with Gasteiger partial charge in [0, 0.05) is 12.6 Å². The molecule has 0 atom stereocenters. The summed E-state index contributed by atoms with van der Waals surface area (Å²) in [5.74, 6) is 1.31. The minimum Gasteiger partial charge on any atom is -0.455 e. The minimum atomic E-state index is 0.439. The average Bonchev–Trinajstić information content (AvgIpc) is 2.87. The molecule has 2 aromatic rings. The van der Waals surface area contributed by atoms with Crippen LogP contribution in [0, 0.1) is 0 Å². The van der Waals surface area contributed by atoms with Crippen molar-refractivity contribution in [2.75, 3.05) is 7.05 Å². The molecule has 98 valence electrons. The van der Waals surface area contributed by atoms with Gasteiger partial charge in [-0.25, -0.2) is 0 Å². The highest BCUT2D eigenvalue weighted by molar-refractivity contribution is 7.80. The van der Waals surface area contributed by atoms with Crippen LogP contribution in [0.25, 0.3) is 11.3 Å². The van der Waals surface area contributed by atoms with E-state index in [-0.39, 0.29) is 0 Å². The predicted molar refractivity (Wildman–Crippen MR) is 81.5 cm³/mol. The van der Waals surface area contributed by atoms with Crippen molar-refractivity contribution in [1.82, 2.24) is 10.7 Å². The van der Waals surface area contributed by atoms with Gasteiger partial charge in [0.15, 0.2) is 5.11 Å². The molecule has 0 spiro atoms. The molecule has 0 radical (unpaired) electrons. The maximum atomic E-state index is 6.10. The maximum absolute atomic E-state index is 6.10. The molecular weight excluding hydrogens is 282 g/mol. The fourth-order valence-electron chi connectivity index (χ4n) is 1.44. The second-order valence-electron chi connectivity index (χ2n) is 3.63. The molecule has 1 aromatic carbocycles. The van der Waals surface area contributed by atoms with E-state index >= 15 is 0 Å². The zero-order valence-corrected chi connectivity index (χ0v) is 11.8. The molecule has 0 saturated heterocycles. The summed E-state index contributed by atoms with van der Waals surface area (Å²) in [7, 11) is 1.72. The number of hydrazone groups is 1. The molecule has 0 aliphatic carbocycles. The van der Waals surface area contributed by atoms with E-state index in [4.69, 9.17) is 28.2 Å². The fraction of sp³-hybridized carbons (Fsp3) is 0.0769. The summed E-state index contributed by atoms with van der Waals surface area (Å²) >= 11 is 11.0. The number of hydrogen-bond acceptors (Lipinski definition) is 3. The molecule has 0 unspecified atom stereocenters. The fourth-order valence-corrected chi connectivity index (χ4v) is 1.72. The lowest BCUT2D eigenvalue weighted by atomic mass is 10.2. The lowest BCUT2D eigenvalue weighted by Crippen LogP contribution is -2.28. The van der Waals surface area contributed by atoms with Gasteiger partial charge in [-0.15, -0.1) is 0 Å². The number of thiocarbonyl (C=S) groups is 1. The first-order valence-electron chi connectivity index (χ1n) is 5.56. The summed E-state index contributed by atoms with van der Waals surface area (Å²) in [4.78, 5) is 0. The second-order valence-corrected chi connectivity index (χ2v) is 4.45. The number of benzene rings is 1. The first-order valence-corrected chi connectivity index (χ1v) is 6.35. The van der Waals surface area contributed by atoms with Crippen LogP contribution in [0.15, 0.2) is 45.9 Å². The molecule has 6 heteroatoms. The van der Waals surface area contributed by atoms with Gasteiger partial charge in [-0.2, -0.15) is 5.10 Å². The third kappa shape index (κ3) is 3.56. The van der Waals surface area contributed by atoms with E-state index in [2.05, 4.69) is 15.8 Å². The minimum absolute atomic E-state index is 0.439. The van der Waals surface area contributed by atoms with Crippen LogP contribution < -0.4 is 10.7 Å². The van der Waals surface area contributed by atoms with Gasteiger partial charge in [0.05, 0.1) is 11.2 Å². The Morgan fingerprint density at radius 2 is 2.11 bits per heavy atom. The van der Waals surface area contributed by atoms with E-state index in [0.29, 0.717) is 21.7 Å². The monoisotopic (exact) mass is 293 g/mol. The van der Waals surface area contributed by atoms with E-state index in [9.17, 15) is 0 Å². The maximum Gasteiger partial charge on any atom is 0.186 e. The van der Waals surface area contributed by atoms with Gasteiger partial charge in [-0.1, -0.05) is 23.7 Å². The number of nitrogens with one attached hydrogen (secondary N) is 2. The van der Waals surface area contributed by atoms with Crippen LogP contribution in [0.5, 0.6) is 0 Å². The van der Waals surface area contributed by atoms with Crippen LogP contribution in [0.4, 0.5) is 0 Å². The number of nitrogens with zero attached hydrogens (tertiary/aromatic N) is 1. The second kappa shape index (κ2) is 6.36. The lowest BCUT2D eigenvalue weighted by Gasteiger charge is -1.99. The number of furan rings is 1. The molecule has 4 nitrogen and oxygen atoms in total. The highest BCUT2D eigenvalue weighted by Gasteiger charge is 2.06. The van der Waals surface area contributed by atoms with Gasteiger partial charge in [-0.3, -0.25) is 5.43 Å². The Morgan fingerprint density at radius 3 is 2.84 bits per heavy atom. The molecule has 0 bridgehead atoms. The topological polar surface area (TPSA) is 49.6 Å². The Morgan fingerprint density at radius 1 is 1.32 bits per heavy atom. The Bertz CT molecular complexity index is 609. The Kier molecular flexibility index (Phi) is 4.54. The van der Waals surface area contributed by atoms with Crippen LogP contribution in [0.3, 0.4) is 0 Å². The average molecular weight is 294 g/mol. The molecule has 2 N–H and O–H groups in total. The highest BCUT2D eigenvalue weighted by atomic mass is 35.5. The van der Waals surface area contributed by atoms with Crippen LogP contribution in [0.1, 0.15) is 5.76 Å². The zero-order chi connectivity index (χ0) is 13.7. The number of rotatable bonds is 3. The third-order valence-electron chi connectivity index (χ3n) is 2.35. The van der Waals surface area contributed by atoms with Crippen molar-refractivity contribution in [2.45, 2.75) is 0 Å². The Balaban J connectivity index is 2.12. The van der Waals surface area contributed by atoms with Crippen molar-refractivity contribution in [3.63, 3.8) is 0 Å². The quantitative estimate of drug-likeness (QED) is 0.519. The van der Waals surface area contributed by atoms with Crippen LogP contribution in [-0.2, 0) is 0 Å². The van der Waals surface area contributed by atoms with Gasteiger partial charge >= 0.3 is 0 Å². The van der Waals surface area contributed by atoms with Crippen molar-refractivity contribution in [2.24, 2.45) is 5.10 Å². The molecule has 19 heavy (non-hydrogen) atoms. The molecular formula is C13H12ClN3OS. The van der Waals surface area contributed by atoms with Gasteiger partial charge in [-0.05, 0) is 36.5 Å². The normalized spacial score (nSPS) is 10.6. The third-order valence-corrected chi connectivity index (χ3v) is 2.98. The van der Waals surface area contributed by atoms with Gasteiger partial charge in [0.2, 0.25) is 0 Å². The van der Waals surface area contributed by atoms with Crippen molar-refractivity contribution < 1.29 is 4.42 Å². The predicted octanol–water partition coefficient (Wildman–Crippen LogP) is 3.03. The largest absolute Gasteiger partial charge is 0.455 e. The molecule has 0 aliphatic heterocycles. The van der Waals surface area contributed by atoms with Crippen molar-refractivity contribution in [1.29, 1.82) is 0 Å². The van der Waals surface area contributed by atoms with E-state index in [1.165, 1.54) is 0 Å². The SMILES string of the molecule is CNC(=S)NN=Cc1ccc(-c2ccccc2Cl)o1. The molecule has 1 heterocycles. The van der Waals surface area contributed by atoms with Crippen molar-refractivity contribution in [3.8, 4) is 11.3 Å². The molecule has 0 fully saturated rings. The number of hydrogen-bond donors (Lipinski definition) is 2. The summed E-state index contributed by atoms with van der Waals surface area (Å²) in [6.45, 7) is 0. The smallest absolute Gasteiger partial charge is 0.186 e. The summed E-state index contributed by atoms with van der Waals surface area (Å²) in [5.41, 5.74) is 3.49. The van der Waals surface area contributed by atoms with Crippen LogP contribution in [-0.4, -0.2) is 18.4 Å². The van der Waals surface area contributed by atoms with Crippen LogP contribution >= 0.6 is 23.8 Å². The summed E-state index contributed by atoms with van der Waals surface area (Å²) in [6, 6.07) is 11.2. The van der Waals surface area contributed by atoms with Gasteiger partial charge < -0.3 is 9.73 Å². The van der Waals surface area contributed by atoms with E-state index < -0.39 is 0 Å². The highest BCUT2D eigenvalue weighted by Crippen LogP contribution is 2.28. The van der Waals surface area contributed by atoms with Crippen LogP contribution in [0.2, 0.25) is 5.02 Å². The van der Waals surface area contributed by atoms with E-state index in [1.807, 2.05) is 36.4 Å². The molecule has 0 aliphatic rings.